The number of aryl methyl sites for hydroxylation is 1. The number of para-hydroxylation sites is 1. The summed E-state index contributed by atoms with van der Waals surface area (Å²) >= 11 is 0. The van der Waals surface area contributed by atoms with E-state index in [2.05, 4.69) is 17.0 Å². The van der Waals surface area contributed by atoms with Crippen LogP contribution >= 0.6 is 0 Å². The lowest BCUT2D eigenvalue weighted by Crippen LogP contribution is -2.40. The SMILES string of the molecule is C=CC(=O)N1CCC(C(=O)Nc2cc(C)nn2-c2ccccc2C(F)(F)F)CC1. The highest BCUT2D eigenvalue weighted by atomic mass is 19.4. The van der Waals surface area contributed by atoms with E-state index in [1.54, 1.807) is 11.8 Å². The molecule has 2 aromatic rings. The van der Waals surface area contributed by atoms with Gasteiger partial charge in [-0.1, -0.05) is 18.7 Å². The molecule has 1 aromatic carbocycles. The standard InChI is InChI=1S/C20H21F3N4O2/c1-3-18(28)26-10-8-14(9-11-26)19(29)24-17-12-13(2)25-27(17)16-7-5-4-6-15(16)20(21,22)23/h3-7,12,14H,1,8-11H2,2H3,(H,24,29). The molecule has 1 aliphatic heterocycles. The summed E-state index contributed by atoms with van der Waals surface area (Å²) in [7, 11) is 0. The average molecular weight is 406 g/mol. The van der Waals surface area contributed by atoms with E-state index in [1.165, 1.54) is 30.3 Å². The van der Waals surface area contributed by atoms with Gasteiger partial charge in [0.2, 0.25) is 11.8 Å². The molecule has 9 heteroatoms. The Morgan fingerprint density at radius 2 is 1.90 bits per heavy atom. The van der Waals surface area contributed by atoms with Gasteiger partial charge in [0.05, 0.1) is 16.9 Å². The molecule has 1 aromatic heterocycles. The van der Waals surface area contributed by atoms with E-state index in [4.69, 9.17) is 0 Å². The normalized spacial score (nSPS) is 15.2. The van der Waals surface area contributed by atoms with Gasteiger partial charge in [0.25, 0.3) is 0 Å². The topological polar surface area (TPSA) is 67.2 Å². The number of nitrogens with one attached hydrogen (secondary N) is 1. The third-order valence-corrected chi connectivity index (χ3v) is 4.87. The average Bonchev–Trinajstić information content (AvgIpc) is 3.06. The summed E-state index contributed by atoms with van der Waals surface area (Å²) in [5.74, 6) is -0.651. The Bertz CT molecular complexity index is 928. The Morgan fingerprint density at radius 3 is 2.52 bits per heavy atom. The van der Waals surface area contributed by atoms with E-state index >= 15 is 0 Å². The van der Waals surface area contributed by atoms with Crippen LogP contribution in [0, 0.1) is 12.8 Å². The van der Waals surface area contributed by atoms with Crippen molar-refractivity contribution in [2.45, 2.75) is 25.9 Å². The zero-order chi connectivity index (χ0) is 21.2. The van der Waals surface area contributed by atoms with Crippen LogP contribution < -0.4 is 5.32 Å². The summed E-state index contributed by atoms with van der Waals surface area (Å²) in [6.07, 6.45) is -2.38. The third-order valence-electron chi connectivity index (χ3n) is 4.87. The highest BCUT2D eigenvalue weighted by molar-refractivity contribution is 5.92. The predicted octanol–water partition coefficient (Wildman–Crippen LogP) is 3.56. The molecule has 0 saturated carbocycles. The number of carbonyl (C=O) groups is 2. The number of nitrogens with zero attached hydrogens (tertiary/aromatic N) is 3. The van der Waals surface area contributed by atoms with Crippen LogP contribution in [0.4, 0.5) is 19.0 Å². The van der Waals surface area contributed by atoms with Gasteiger partial charge in [-0.2, -0.15) is 18.3 Å². The molecule has 154 valence electrons. The number of aromatic nitrogens is 2. The van der Waals surface area contributed by atoms with Crippen molar-refractivity contribution in [1.29, 1.82) is 0 Å². The Balaban J connectivity index is 1.80. The number of hydrogen-bond acceptors (Lipinski definition) is 3. The zero-order valence-electron chi connectivity index (χ0n) is 15.9. The first-order valence-corrected chi connectivity index (χ1v) is 9.16. The van der Waals surface area contributed by atoms with E-state index in [0.717, 1.165) is 10.7 Å². The van der Waals surface area contributed by atoms with E-state index in [9.17, 15) is 22.8 Å². The zero-order valence-corrected chi connectivity index (χ0v) is 15.9. The molecule has 1 fully saturated rings. The van der Waals surface area contributed by atoms with Crippen molar-refractivity contribution in [1.82, 2.24) is 14.7 Å². The molecule has 2 heterocycles. The van der Waals surface area contributed by atoms with E-state index in [0.29, 0.717) is 31.6 Å². The Hall–Kier alpha value is -3.10. The molecule has 0 bridgehead atoms. The second kappa shape index (κ2) is 8.10. The summed E-state index contributed by atoms with van der Waals surface area (Å²) in [6, 6.07) is 6.61. The molecular formula is C20H21F3N4O2. The van der Waals surface area contributed by atoms with E-state index in [-0.39, 0.29) is 29.2 Å². The molecule has 29 heavy (non-hydrogen) atoms. The highest BCUT2D eigenvalue weighted by Crippen LogP contribution is 2.34. The Kier molecular flexibility index (Phi) is 5.76. The first kappa shape index (κ1) is 20.6. The maximum absolute atomic E-state index is 13.4. The maximum Gasteiger partial charge on any atom is 0.418 e. The van der Waals surface area contributed by atoms with Crippen LogP contribution in [0.25, 0.3) is 5.69 Å². The number of amides is 2. The fourth-order valence-electron chi connectivity index (χ4n) is 3.39. The number of halogens is 3. The molecule has 1 N–H and O–H groups in total. The molecule has 6 nitrogen and oxygen atoms in total. The summed E-state index contributed by atoms with van der Waals surface area (Å²) in [5, 5.41) is 6.84. The maximum atomic E-state index is 13.4. The van der Waals surface area contributed by atoms with Crippen molar-refractivity contribution < 1.29 is 22.8 Å². The number of carbonyl (C=O) groups excluding carboxylic acids is 2. The van der Waals surface area contributed by atoms with E-state index < -0.39 is 11.7 Å². The van der Waals surface area contributed by atoms with Crippen LogP contribution in [0.5, 0.6) is 0 Å². The summed E-state index contributed by atoms with van der Waals surface area (Å²) in [4.78, 5) is 26.0. The van der Waals surface area contributed by atoms with Crippen LogP contribution in [-0.4, -0.2) is 39.6 Å². The molecule has 3 rings (SSSR count). The molecule has 0 atom stereocenters. The molecule has 0 radical (unpaired) electrons. The van der Waals surface area contributed by atoms with Crippen molar-refractivity contribution in [3.05, 3.63) is 54.2 Å². The summed E-state index contributed by atoms with van der Waals surface area (Å²) in [6.45, 7) is 5.95. The molecule has 0 unspecified atom stereocenters. The van der Waals surface area contributed by atoms with Gasteiger partial charge in [-0.15, -0.1) is 0 Å². The lowest BCUT2D eigenvalue weighted by molar-refractivity contribution is -0.137. The van der Waals surface area contributed by atoms with Crippen molar-refractivity contribution in [3.63, 3.8) is 0 Å². The number of anilines is 1. The van der Waals surface area contributed by atoms with Gasteiger partial charge >= 0.3 is 6.18 Å². The first-order chi connectivity index (χ1) is 13.7. The molecule has 1 saturated heterocycles. The van der Waals surface area contributed by atoms with Crippen LogP contribution in [-0.2, 0) is 15.8 Å². The number of rotatable bonds is 4. The van der Waals surface area contributed by atoms with Gasteiger partial charge in [0.1, 0.15) is 5.82 Å². The van der Waals surface area contributed by atoms with Gasteiger partial charge in [-0.25, -0.2) is 4.68 Å². The second-order valence-corrected chi connectivity index (χ2v) is 6.89. The smallest absolute Gasteiger partial charge is 0.339 e. The number of piperidine rings is 1. The van der Waals surface area contributed by atoms with Gasteiger partial charge in [0, 0.05) is 25.1 Å². The van der Waals surface area contributed by atoms with Crippen LogP contribution in [0.3, 0.4) is 0 Å². The van der Waals surface area contributed by atoms with Crippen LogP contribution in [0.1, 0.15) is 24.1 Å². The quantitative estimate of drug-likeness (QED) is 0.790. The number of alkyl halides is 3. The second-order valence-electron chi connectivity index (χ2n) is 6.89. The molecular weight excluding hydrogens is 385 g/mol. The lowest BCUT2D eigenvalue weighted by Gasteiger charge is -2.30. The van der Waals surface area contributed by atoms with Gasteiger partial charge < -0.3 is 10.2 Å². The molecule has 1 aliphatic rings. The van der Waals surface area contributed by atoms with Crippen molar-refractivity contribution in [2.75, 3.05) is 18.4 Å². The highest BCUT2D eigenvalue weighted by Gasteiger charge is 2.35. The molecule has 0 aliphatic carbocycles. The van der Waals surface area contributed by atoms with Gasteiger partial charge in [-0.05, 0) is 38.0 Å². The van der Waals surface area contributed by atoms with Crippen LogP contribution in [0.2, 0.25) is 0 Å². The summed E-state index contributed by atoms with van der Waals surface area (Å²) in [5.41, 5.74) is -0.520. The lowest BCUT2D eigenvalue weighted by atomic mass is 9.96. The fourth-order valence-corrected chi connectivity index (χ4v) is 3.39. The first-order valence-electron chi connectivity index (χ1n) is 9.16. The predicted molar refractivity (Wildman–Crippen MR) is 101 cm³/mol. The minimum Gasteiger partial charge on any atom is -0.339 e. The number of likely N-dealkylation sites (tertiary alicyclic amines) is 1. The monoisotopic (exact) mass is 406 g/mol. The van der Waals surface area contributed by atoms with Crippen molar-refractivity contribution in [2.24, 2.45) is 5.92 Å². The van der Waals surface area contributed by atoms with Gasteiger partial charge in [0.15, 0.2) is 0 Å². The minimum atomic E-state index is -4.55. The molecule has 0 spiro atoms. The summed E-state index contributed by atoms with van der Waals surface area (Å²) < 4.78 is 41.3. The van der Waals surface area contributed by atoms with E-state index in [1.807, 2.05) is 0 Å². The molecule has 2 amide bonds. The fraction of sp³-hybridized carbons (Fsp3) is 0.350. The largest absolute Gasteiger partial charge is 0.418 e. The van der Waals surface area contributed by atoms with Gasteiger partial charge in [-0.3, -0.25) is 9.59 Å². The third kappa shape index (κ3) is 4.49. The van der Waals surface area contributed by atoms with Crippen LogP contribution in [0.15, 0.2) is 43.0 Å². The Labute approximate surface area is 166 Å². The van der Waals surface area contributed by atoms with Crippen molar-refractivity contribution in [3.8, 4) is 5.69 Å². The number of benzene rings is 1. The number of hydrogen-bond donors (Lipinski definition) is 1. The van der Waals surface area contributed by atoms with Crippen molar-refractivity contribution >= 4 is 17.6 Å². The minimum absolute atomic E-state index is 0.158. The Morgan fingerprint density at radius 1 is 1.24 bits per heavy atom.